The first-order valence-electron chi connectivity index (χ1n) is 10.3. The third kappa shape index (κ3) is 5.24. The number of hydrogen-bond acceptors (Lipinski definition) is 7. The van der Waals surface area contributed by atoms with Gasteiger partial charge in [0.05, 0.1) is 27.5 Å². The number of carbonyl (C=O) groups excluding carboxylic acids is 1. The Bertz CT molecular complexity index is 1370. The van der Waals surface area contributed by atoms with Crippen molar-refractivity contribution in [1.29, 1.82) is 0 Å². The van der Waals surface area contributed by atoms with Crippen LogP contribution in [0.2, 0.25) is 0 Å². The molecule has 34 heavy (non-hydrogen) atoms. The summed E-state index contributed by atoms with van der Waals surface area (Å²) in [5, 5.41) is 16.6. The number of hydrogen-bond donors (Lipinski definition) is 0. The average Bonchev–Trinajstić information content (AvgIpc) is 3.22. The fourth-order valence-electron chi connectivity index (χ4n) is 3.04. The molecule has 0 unspecified atom stereocenters. The van der Waals surface area contributed by atoms with Crippen molar-refractivity contribution in [2.75, 3.05) is 5.01 Å². The molecule has 0 aliphatic rings. The highest BCUT2D eigenvalue weighted by molar-refractivity contribution is 7.22. The maximum atomic E-state index is 13.7. The van der Waals surface area contributed by atoms with Gasteiger partial charge in [-0.2, -0.15) is 10.1 Å². The highest BCUT2D eigenvalue weighted by Crippen LogP contribution is 2.31. The van der Waals surface area contributed by atoms with Crippen LogP contribution in [0.15, 0.2) is 71.8 Å². The molecule has 1 aromatic heterocycles. The van der Waals surface area contributed by atoms with Crippen molar-refractivity contribution in [3.8, 4) is 5.75 Å². The fourth-order valence-corrected chi connectivity index (χ4v) is 3.99. The normalized spacial score (nSPS) is 11.3. The summed E-state index contributed by atoms with van der Waals surface area (Å²) in [5.74, 6) is -0.229. The van der Waals surface area contributed by atoms with Crippen molar-refractivity contribution in [1.82, 2.24) is 4.98 Å². The maximum absolute atomic E-state index is 13.7. The van der Waals surface area contributed by atoms with E-state index in [1.165, 1.54) is 48.7 Å². The molecule has 172 valence electrons. The molecule has 0 bridgehead atoms. The highest BCUT2D eigenvalue weighted by Gasteiger charge is 2.21. The molecule has 0 N–H and O–H groups in total. The quantitative estimate of drug-likeness (QED) is 0.190. The van der Waals surface area contributed by atoms with E-state index in [9.17, 15) is 19.3 Å². The third-order valence-corrected chi connectivity index (χ3v) is 5.61. The van der Waals surface area contributed by atoms with Gasteiger partial charge in [0.15, 0.2) is 0 Å². The zero-order valence-corrected chi connectivity index (χ0v) is 19.0. The Morgan fingerprint density at radius 3 is 2.50 bits per heavy atom. The average molecular weight is 479 g/mol. The first-order chi connectivity index (χ1) is 16.3. The smallest absolute Gasteiger partial charge is 0.280 e. The molecule has 0 atom stereocenters. The van der Waals surface area contributed by atoms with Crippen LogP contribution in [-0.2, 0) is 0 Å². The molecule has 0 aliphatic heterocycles. The van der Waals surface area contributed by atoms with Crippen LogP contribution in [0.5, 0.6) is 5.75 Å². The molecule has 4 aromatic rings. The second-order valence-electron chi connectivity index (χ2n) is 7.51. The van der Waals surface area contributed by atoms with Gasteiger partial charge in [0.2, 0.25) is 5.13 Å². The summed E-state index contributed by atoms with van der Waals surface area (Å²) in [6.45, 7) is 3.81. The number of carbonyl (C=O) groups is 1. The maximum Gasteiger partial charge on any atom is 0.280 e. The Labute approximate surface area is 198 Å². The van der Waals surface area contributed by atoms with Crippen LogP contribution in [0.25, 0.3) is 10.2 Å². The Kier molecular flexibility index (Phi) is 6.60. The number of amides is 1. The number of nitrogens with zero attached hydrogens (tertiary/aromatic N) is 4. The largest absolute Gasteiger partial charge is 0.491 e. The summed E-state index contributed by atoms with van der Waals surface area (Å²) in [7, 11) is 0. The van der Waals surface area contributed by atoms with Crippen molar-refractivity contribution in [3.63, 3.8) is 0 Å². The Balaban J connectivity index is 1.69. The number of thiazole rings is 1. The van der Waals surface area contributed by atoms with Gasteiger partial charge in [0.1, 0.15) is 11.6 Å². The van der Waals surface area contributed by atoms with Crippen LogP contribution in [-0.4, -0.2) is 28.1 Å². The van der Waals surface area contributed by atoms with Crippen molar-refractivity contribution in [2.45, 2.75) is 20.0 Å². The highest BCUT2D eigenvalue weighted by atomic mass is 32.1. The monoisotopic (exact) mass is 478 g/mol. The molecule has 1 heterocycles. The van der Waals surface area contributed by atoms with E-state index in [-0.39, 0.29) is 16.9 Å². The van der Waals surface area contributed by atoms with Crippen LogP contribution in [0, 0.1) is 15.9 Å². The molecule has 8 nitrogen and oxygen atoms in total. The van der Waals surface area contributed by atoms with Crippen LogP contribution >= 0.6 is 11.3 Å². The lowest BCUT2D eigenvalue weighted by Gasteiger charge is -2.15. The van der Waals surface area contributed by atoms with Crippen LogP contribution in [0.4, 0.5) is 15.2 Å². The van der Waals surface area contributed by atoms with E-state index in [1.54, 1.807) is 24.3 Å². The van der Waals surface area contributed by atoms with E-state index < -0.39 is 16.6 Å². The first kappa shape index (κ1) is 23.0. The van der Waals surface area contributed by atoms with Gasteiger partial charge in [-0.25, -0.2) is 9.37 Å². The Hall–Kier alpha value is -4.18. The molecule has 0 aliphatic carbocycles. The van der Waals surface area contributed by atoms with Crippen molar-refractivity contribution in [2.24, 2.45) is 5.10 Å². The lowest BCUT2D eigenvalue weighted by Crippen LogP contribution is -2.25. The summed E-state index contributed by atoms with van der Waals surface area (Å²) >= 11 is 1.12. The first-order valence-corrected chi connectivity index (χ1v) is 11.1. The minimum absolute atomic E-state index is 0.00695. The van der Waals surface area contributed by atoms with Crippen molar-refractivity contribution in [3.05, 3.63) is 93.8 Å². The molecule has 3 aromatic carbocycles. The van der Waals surface area contributed by atoms with Gasteiger partial charge in [-0.1, -0.05) is 11.3 Å². The molecule has 1 amide bonds. The molecule has 0 fully saturated rings. The zero-order chi connectivity index (χ0) is 24.2. The number of nitro groups is 1. The number of aromatic nitrogens is 1. The summed E-state index contributed by atoms with van der Waals surface area (Å²) in [6.07, 6.45) is 1.40. The van der Waals surface area contributed by atoms with Gasteiger partial charge in [-0.3, -0.25) is 14.9 Å². The van der Waals surface area contributed by atoms with Gasteiger partial charge >= 0.3 is 0 Å². The molecular weight excluding hydrogens is 459 g/mol. The minimum Gasteiger partial charge on any atom is -0.491 e. The predicted octanol–water partition coefficient (Wildman–Crippen LogP) is 5.81. The molecule has 0 spiro atoms. The second-order valence-corrected chi connectivity index (χ2v) is 8.52. The number of ether oxygens (including phenoxy) is 1. The van der Waals surface area contributed by atoms with Crippen LogP contribution < -0.4 is 9.75 Å². The topological polar surface area (TPSA) is 97.9 Å². The lowest BCUT2D eigenvalue weighted by molar-refractivity contribution is -0.384. The van der Waals surface area contributed by atoms with E-state index in [1.807, 2.05) is 13.8 Å². The number of non-ortho nitro benzene ring substituents is 1. The number of halogens is 1. The van der Waals surface area contributed by atoms with E-state index in [0.29, 0.717) is 27.1 Å². The van der Waals surface area contributed by atoms with Gasteiger partial charge < -0.3 is 4.74 Å². The van der Waals surface area contributed by atoms with E-state index >= 15 is 0 Å². The third-order valence-electron chi connectivity index (χ3n) is 4.61. The van der Waals surface area contributed by atoms with E-state index in [0.717, 1.165) is 16.3 Å². The summed E-state index contributed by atoms with van der Waals surface area (Å²) in [4.78, 5) is 28.2. The van der Waals surface area contributed by atoms with E-state index in [2.05, 4.69) is 10.1 Å². The Morgan fingerprint density at radius 1 is 1.15 bits per heavy atom. The van der Waals surface area contributed by atoms with Crippen molar-refractivity contribution < 1.29 is 18.8 Å². The minimum atomic E-state index is -0.496. The number of fused-ring (bicyclic) bond motifs is 1. The molecular formula is C24H19FN4O4S. The number of hydrazone groups is 1. The zero-order valence-electron chi connectivity index (χ0n) is 18.2. The number of rotatable bonds is 7. The molecule has 10 heteroatoms. The van der Waals surface area contributed by atoms with Gasteiger partial charge in [0, 0.05) is 17.7 Å². The van der Waals surface area contributed by atoms with E-state index in [4.69, 9.17) is 4.74 Å². The van der Waals surface area contributed by atoms with Gasteiger partial charge in [-0.05, 0) is 74.0 Å². The number of nitro benzene ring substituents is 1. The van der Waals surface area contributed by atoms with Gasteiger partial charge in [-0.15, -0.1) is 0 Å². The van der Waals surface area contributed by atoms with Crippen LogP contribution in [0.3, 0.4) is 0 Å². The molecule has 0 radical (unpaired) electrons. The lowest BCUT2D eigenvalue weighted by atomic mass is 10.2. The fraction of sp³-hybridized carbons (Fsp3) is 0.125. The standard InChI is InChI=1S/C24H19FN4O4S/c1-15(2)33-20-10-5-17(6-11-20)23(30)28(24-27-21-12-7-18(25)13-22(21)34-24)26-14-16-3-8-19(9-4-16)29(31)32/h3-15H,1-2H3/b26-14+. The SMILES string of the molecule is CC(C)Oc1ccc(C(=O)N(/N=C/c2ccc([N+](=O)[O-])cc2)c2nc3ccc(F)cc3s2)cc1. The summed E-state index contributed by atoms with van der Waals surface area (Å²) < 4.78 is 19.9. The molecule has 0 saturated heterocycles. The number of benzene rings is 3. The van der Waals surface area contributed by atoms with Crippen LogP contribution in [0.1, 0.15) is 29.8 Å². The molecule has 0 saturated carbocycles. The van der Waals surface area contributed by atoms with Crippen molar-refractivity contribution >= 4 is 44.5 Å². The Morgan fingerprint density at radius 2 is 1.85 bits per heavy atom. The second kappa shape index (κ2) is 9.75. The number of anilines is 1. The summed E-state index contributed by atoms with van der Waals surface area (Å²) in [6, 6.07) is 16.6. The predicted molar refractivity (Wildman–Crippen MR) is 129 cm³/mol. The van der Waals surface area contributed by atoms with Gasteiger partial charge in [0.25, 0.3) is 11.6 Å². The molecule has 4 rings (SSSR count). The summed E-state index contributed by atoms with van der Waals surface area (Å²) in [5.41, 5.74) is 1.38.